The zero-order valence-electron chi connectivity index (χ0n) is 30.7. The summed E-state index contributed by atoms with van der Waals surface area (Å²) in [5, 5.41) is 10.0. The van der Waals surface area contributed by atoms with Crippen LogP contribution >= 0.6 is 0 Å². The molecule has 0 amide bonds. The molecule has 3 N–H and O–H groups in total. The lowest BCUT2D eigenvalue weighted by Gasteiger charge is -2.10. The summed E-state index contributed by atoms with van der Waals surface area (Å²) in [6.07, 6.45) is 0. The number of phenols is 1. The van der Waals surface area contributed by atoms with Crippen molar-refractivity contribution in [1.82, 2.24) is 0 Å². The van der Waals surface area contributed by atoms with Gasteiger partial charge in [0.2, 0.25) is 0 Å². The second-order valence-corrected chi connectivity index (χ2v) is 14.6. The number of aryl methyl sites for hydroxylation is 2. The normalized spacial score (nSPS) is 20.8. The molecule has 0 aliphatic heterocycles. The van der Waals surface area contributed by atoms with Crippen molar-refractivity contribution in [2.75, 3.05) is 34.2 Å². The number of rotatable bonds is 10. The first-order valence-electron chi connectivity index (χ1n) is 16.8. The quantitative estimate of drug-likeness (QED) is 0.127. The maximum atomic E-state index is 13.2. The van der Waals surface area contributed by atoms with Crippen molar-refractivity contribution in [1.29, 1.82) is 0 Å². The molecule has 4 unspecified atom stereocenters. The molecule has 0 aromatic heterocycles. The van der Waals surface area contributed by atoms with Gasteiger partial charge in [0, 0.05) is 29.4 Å². The minimum atomic E-state index is -0.174. The zero-order valence-corrected chi connectivity index (χ0v) is 30.7. The molecule has 8 nitrogen and oxygen atoms in total. The van der Waals surface area contributed by atoms with E-state index in [9.17, 15) is 14.7 Å². The third kappa shape index (κ3) is 6.63. The van der Waals surface area contributed by atoms with E-state index in [2.05, 4.69) is 33.8 Å². The van der Waals surface area contributed by atoms with Gasteiger partial charge in [0.1, 0.15) is 28.7 Å². The average Bonchev–Trinajstić information content (AvgIpc) is 3.91. The van der Waals surface area contributed by atoms with E-state index in [-0.39, 0.29) is 51.8 Å². The average molecular weight is 680 g/mol. The molecule has 0 spiro atoms. The number of ketones is 2. The Hall–Kier alpha value is -4.98. The van der Waals surface area contributed by atoms with Crippen LogP contribution in [0.3, 0.4) is 0 Å². The van der Waals surface area contributed by atoms with Crippen LogP contribution in [0.1, 0.15) is 82.5 Å². The van der Waals surface area contributed by atoms with Gasteiger partial charge in [-0.1, -0.05) is 52.0 Å². The van der Waals surface area contributed by atoms with Crippen LogP contribution in [-0.2, 0) is 0 Å². The maximum Gasteiger partial charge on any atom is 0.170 e. The van der Waals surface area contributed by atoms with Crippen molar-refractivity contribution in [3.63, 3.8) is 0 Å². The number of benzene rings is 4. The summed E-state index contributed by atoms with van der Waals surface area (Å²) in [5.74, 6) is 2.79. The first-order valence-corrected chi connectivity index (χ1v) is 16.8. The van der Waals surface area contributed by atoms with E-state index in [4.69, 9.17) is 24.7 Å². The third-order valence-corrected chi connectivity index (χ3v) is 10.8. The van der Waals surface area contributed by atoms with E-state index in [1.54, 1.807) is 70.9 Å². The number of anilines is 1. The number of nitrogen functional groups attached to an aromatic ring is 1. The Morgan fingerprint density at radius 1 is 0.600 bits per heavy atom. The molecule has 4 aromatic carbocycles. The van der Waals surface area contributed by atoms with E-state index in [1.165, 1.54) is 0 Å². The van der Waals surface area contributed by atoms with Crippen LogP contribution in [0.5, 0.6) is 28.7 Å². The fourth-order valence-electron chi connectivity index (χ4n) is 7.52. The fourth-order valence-corrected chi connectivity index (χ4v) is 7.52. The summed E-state index contributed by atoms with van der Waals surface area (Å²) in [6, 6.07) is 22.4. The van der Waals surface area contributed by atoms with Crippen LogP contribution in [0, 0.1) is 36.5 Å². The topological polar surface area (TPSA) is 117 Å². The van der Waals surface area contributed by atoms with Crippen molar-refractivity contribution in [2.45, 2.75) is 53.4 Å². The lowest BCUT2D eigenvalue weighted by atomic mass is 10.0. The summed E-state index contributed by atoms with van der Waals surface area (Å²) >= 11 is 0. The molecule has 6 rings (SSSR count). The molecule has 264 valence electrons. The Balaban J connectivity index is 0.000000194. The van der Waals surface area contributed by atoms with Crippen LogP contribution in [0.25, 0.3) is 0 Å². The van der Waals surface area contributed by atoms with Gasteiger partial charge in [-0.15, -0.1) is 0 Å². The predicted molar refractivity (Wildman–Crippen MR) is 196 cm³/mol. The number of carbonyl (C=O) groups excluding carboxylic acids is 2. The van der Waals surface area contributed by atoms with Crippen molar-refractivity contribution in [2.24, 2.45) is 22.7 Å². The number of aromatic hydroxyl groups is 1. The SMILES string of the molecule is COc1ccc(OC)c(C(=O)C2C(c3ccc(C)c(N)c3)C2(C)C)c1.COc1ccc(OC)c(C(=O)C2C(c3ccc(C)c(O)c3)C2(C)C)c1. The van der Waals surface area contributed by atoms with Crippen LogP contribution in [-0.4, -0.2) is 45.1 Å². The largest absolute Gasteiger partial charge is 0.508 e. The molecule has 2 aliphatic carbocycles. The summed E-state index contributed by atoms with van der Waals surface area (Å²) in [5.41, 5.74) is 11.7. The van der Waals surface area contributed by atoms with E-state index in [0.717, 1.165) is 27.9 Å². The van der Waals surface area contributed by atoms with Gasteiger partial charge in [0.05, 0.1) is 39.6 Å². The van der Waals surface area contributed by atoms with Crippen molar-refractivity contribution < 1.29 is 33.6 Å². The molecule has 2 saturated carbocycles. The number of ether oxygens (including phenoxy) is 4. The first-order chi connectivity index (χ1) is 23.6. The maximum absolute atomic E-state index is 13.2. The highest BCUT2D eigenvalue weighted by molar-refractivity contribution is 6.04. The highest BCUT2D eigenvalue weighted by atomic mass is 16.5. The molecule has 2 fully saturated rings. The first kappa shape index (κ1) is 36.3. The smallest absolute Gasteiger partial charge is 0.170 e. The van der Waals surface area contributed by atoms with Gasteiger partial charge in [-0.2, -0.15) is 0 Å². The van der Waals surface area contributed by atoms with Gasteiger partial charge in [0.15, 0.2) is 11.6 Å². The van der Waals surface area contributed by atoms with Crippen molar-refractivity contribution >= 4 is 17.3 Å². The number of nitrogens with two attached hydrogens (primary N) is 1. The molecule has 2 aliphatic rings. The molecule has 0 bridgehead atoms. The number of hydrogen-bond donors (Lipinski definition) is 2. The predicted octanol–water partition coefficient (Wildman–Crippen LogP) is 8.56. The second-order valence-electron chi connectivity index (χ2n) is 14.6. The minimum Gasteiger partial charge on any atom is -0.508 e. The van der Waals surface area contributed by atoms with Gasteiger partial charge in [-0.25, -0.2) is 0 Å². The summed E-state index contributed by atoms with van der Waals surface area (Å²) in [4.78, 5) is 26.4. The number of carbonyl (C=O) groups is 2. The number of Topliss-reactive ketones (excluding diaryl/α,β-unsaturated/α-hetero) is 2. The highest BCUT2D eigenvalue weighted by Gasteiger charge is 2.63. The van der Waals surface area contributed by atoms with Gasteiger partial charge in [0.25, 0.3) is 0 Å². The minimum absolute atomic E-state index is 0.0471. The van der Waals surface area contributed by atoms with Crippen molar-refractivity contribution in [3.8, 4) is 28.7 Å². The highest BCUT2D eigenvalue weighted by Crippen LogP contribution is 2.67. The van der Waals surface area contributed by atoms with Gasteiger partial charge < -0.3 is 29.8 Å². The standard InChI is InChI=1S/C21H25NO3.C21H24O4/c2*1-12-6-7-13(10-16(12)22)18-19(21(18,2)3)20(23)15-11-14(24-4)8-9-17(15)25-5/h6-11,18-19H,22H2,1-5H3;6-11,18-19,22H,1-5H3. The van der Waals surface area contributed by atoms with E-state index < -0.39 is 0 Å². The fraction of sp³-hybridized carbons (Fsp3) is 0.381. The Morgan fingerprint density at radius 3 is 1.40 bits per heavy atom. The molecular formula is C42H49NO7. The zero-order chi connectivity index (χ0) is 36.7. The molecule has 50 heavy (non-hydrogen) atoms. The summed E-state index contributed by atoms with van der Waals surface area (Å²) in [7, 11) is 6.31. The third-order valence-electron chi connectivity index (χ3n) is 10.8. The summed E-state index contributed by atoms with van der Waals surface area (Å²) < 4.78 is 21.3. The van der Waals surface area contributed by atoms with Gasteiger partial charge >= 0.3 is 0 Å². The van der Waals surface area contributed by atoms with Crippen LogP contribution in [0.4, 0.5) is 5.69 Å². The van der Waals surface area contributed by atoms with Crippen LogP contribution in [0.15, 0.2) is 72.8 Å². The molecule has 0 heterocycles. The molecular weight excluding hydrogens is 630 g/mol. The van der Waals surface area contributed by atoms with Crippen LogP contribution in [0.2, 0.25) is 0 Å². The van der Waals surface area contributed by atoms with E-state index in [0.29, 0.717) is 34.1 Å². The van der Waals surface area contributed by atoms with Crippen molar-refractivity contribution in [3.05, 3.63) is 106 Å². The lowest BCUT2D eigenvalue weighted by molar-refractivity contribution is 0.0940. The van der Waals surface area contributed by atoms with Crippen LogP contribution < -0.4 is 24.7 Å². The van der Waals surface area contributed by atoms with Gasteiger partial charge in [-0.05, 0) is 95.5 Å². The Kier molecular flexibility index (Phi) is 9.97. The number of methoxy groups -OCH3 is 4. The Bertz CT molecular complexity index is 1790. The molecule has 4 aromatic rings. The van der Waals surface area contributed by atoms with E-state index >= 15 is 0 Å². The molecule has 8 heteroatoms. The molecule has 0 saturated heterocycles. The number of hydrogen-bond acceptors (Lipinski definition) is 8. The number of phenolic OH excluding ortho intramolecular Hbond substituents is 1. The Morgan fingerprint density at radius 2 is 1.02 bits per heavy atom. The second kappa shape index (κ2) is 13.7. The molecule has 0 radical (unpaired) electrons. The Labute approximate surface area is 295 Å². The monoisotopic (exact) mass is 679 g/mol. The van der Waals surface area contributed by atoms with E-state index in [1.807, 2.05) is 38.1 Å². The van der Waals surface area contributed by atoms with Gasteiger partial charge in [-0.3, -0.25) is 9.59 Å². The molecule has 4 atom stereocenters. The summed E-state index contributed by atoms with van der Waals surface area (Å²) in [6.45, 7) is 12.3. The lowest BCUT2D eigenvalue weighted by Crippen LogP contribution is -2.09.